The van der Waals surface area contributed by atoms with Crippen molar-refractivity contribution in [2.75, 3.05) is 38.8 Å². The minimum atomic E-state index is 0.724. The molecule has 0 saturated heterocycles. The lowest BCUT2D eigenvalue weighted by molar-refractivity contribution is 0.154. The maximum Gasteiger partial charge on any atom is 0.0642 e. The van der Waals surface area contributed by atoms with Gasteiger partial charge in [0.1, 0.15) is 0 Å². The Bertz CT molecular complexity index is 344. The molecule has 4 heteroatoms. The number of halogens is 1. The number of hydrogen-bond donors (Lipinski definition) is 1. The van der Waals surface area contributed by atoms with Crippen LogP contribution in [0.5, 0.6) is 0 Å². The average Bonchev–Trinajstić information content (AvgIpc) is 2.29. The molecule has 0 aliphatic rings. The summed E-state index contributed by atoms with van der Waals surface area (Å²) < 4.78 is 5.33. The first-order chi connectivity index (χ1) is 8.19. The van der Waals surface area contributed by atoms with Crippen molar-refractivity contribution in [1.29, 1.82) is 0 Å². The smallest absolute Gasteiger partial charge is 0.0642 e. The highest BCUT2D eigenvalue weighted by Gasteiger charge is 2.06. The predicted octanol–water partition coefficient (Wildman–Crippen LogP) is 2.53. The Hall–Kier alpha value is -0.770. The van der Waals surface area contributed by atoms with Crippen LogP contribution in [0.15, 0.2) is 18.2 Å². The highest BCUT2D eigenvalue weighted by molar-refractivity contribution is 6.33. The van der Waals surface area contributed by atoms with Crippen LogP contribution in [-0.4, -0.2) is 33.9 Å². The third-order valence-corrected chi connectivity index (χ3v) is 2.88. The molecule has 3 nitrogen and oxygen atoms in total. The van der Waals surface area contributed by atoms with Gasteiger partial charge in [0.2, 0.25) is 0 Å². The molecular weight excluding hydrogens is 236 g/mol. The molecule has 0 aliphatic carbocycles. The fourth-order valence-corrected chi connectivity index (χ4v) is 1.99. The van der Waals surface area contributed by atoms with Crippen molar-refractivity contribution in [2.24, 2.45) is 0 Å². The molecule has 0 fully saturated rings. The Kier molecular flexibility index (Phi) is 6.34. The Labute approximate surface area is 109 Å². The molecule has 1 aromatic carbocycles. The molecule has 1 N–H and O–H groups in total. The molecule has 0 aliphatic heterocycles. The zero-order valence-electron chi connectivity index (χ0n) is 10.8. The van der Waals surface area contributed by atoms with Crippen molar-refractivity contribution in [3.05, 3.63) is 28.8 Å². The number of anilines is 1. The zero-order chi connectivity index (χ0) is 12.7. The quantitative estimate of drug-likeness (QED) is 0.759. The highest BCUT2D eigenvalue weighted by atomic mass is 35.5. The maximum absolute atomic E-state index is 6.26. The molecule has 1 rings (SSSR count). The number of likely N-dealkylation sites (N-methyl/N-ethyl adjacent to an activating group) is 1. The molecule has 1 aromatic rings. The van der Waals surface area contributed by atoms with Crippen LogP contribution in [0.3, 0.4) is 0 Å². The zero-order valence-corrected chi connectivity index (χ0v) is 11.5. The first-order valence-corrected chi connectivity index (χ1v) is 6.28. The lowest BCUT2D eigenvalue weighted by atomic mass is 10.2. The van der Waals surface area contributed by atoms with Crippen LogP contribution in [0.1, 0.15) is 12.5 Å². The molecule has 96 valence electrons. The van der Waals surface area contributed by atoms with E-state index in [1.807, 2.05) is 27.1 Å². The Balaban J connectivity index is 2.63. The highest BCUT2D eigenvalue weighted by Crippen LogP contribution is 2.25. The largest absolute Gasteiger partial charge is 0.380 e. The van der Waals surface area contributed by atoms with E-state index in [-0.39, 0.29) is 0 Å². The van der Waals surface area contributed by atoms with Gasteiger partial charge in [-0.1, -0.05) is 17.7 Å². The van der Waals surface area contributed by atoms with E-state index in [9.17, 15) is 0 Å². The second-order valence-electron chi connectivity index (χ2n) is 3.93. The van der Waals surface area contributed by atoms with E-state index in [4.69, 9.17) is 16.3 Å². The van der Waals surface area contributed by atoms with Crippen molar-refractivity contribution in [2.45, 2.75) is 13.5 Å². The normalized spacial score (nSPS) is 10.6. The first kappa shape index (κ1) is 14.3. The van der Waals surface area contributed by atoms with E-state index in [2.05, 4.69) is 22.3 Å². The van der Waals surface area contributed by atoms with Crippen molar-refractivity contribution in [3.8, 4) is 0 Å². The minimum absolute atomic E-state index is 0.724. The van der Waals surface area contributed by atoms with Gasteiger partial charge in [0.05, 0.1) is 17.3 Å². The molecule has 0 atom stereocenters. The standard InChI is InChI=1S/C13H21ClN2O/c1-4-17-8-7-16(3)13-6-5-11(10-15-2)9-12(13)14/h5-6,9,15H,4,7-8,10H2,1-3H3. The van der Waals surface area contributed by atoms with E-state index in [1.54, 1.807) is 0 Å². The Morgan fingerprint density at radius 2 is 2.18 bits per heavy atom. The van der Waals surface area contributed by atoms with Crippen LogP contribution in [0.25, 0.3) is 0 Å². The van der Waals surface area contributed by atoms with Gasteiger partial charge in [0, 0.05) is 26.7 Å². The summed E-state index contributed by atoms with van der Waals surface area (Å²) in [5.41, 5.74) is 2.24. The summed E-state index contributed by atoms with van der Waals surface area (Å²) >= 11 is 6.26. The van der Waals surface area contributed by atoms with E-state index in [1.165, 1.54) is 5.56 Å². The van der Waals surface area contributed by atoms with Gasteiger partial charge in [-0.25, -0.2) is 0 Å². The molecule has 17 heavy (non-hydrogen) atoms. The molecule has 0 aromatic heterocycles. The summed E-state index contributed by atoms with van der Waals surface area (Å²) in [7, 11) is 3.95. The Morgan fingerprint density at radius 3 is 2.76 bits per heavy atom. The number of nitrogens with zero attached hydrogens (tertiary/aromatic N) is 1. The summed E-state index contributed by atoms with van der Waals surface area (Å²) in [5.74, 6) is 0. The van der Waals surface area contributed by atoms with Gasteiger partial charge in [-0.2, -0.15) is 0 Å². The predicted molar refractivity (Wildman–Crippen MR) is 74.0 cm³/mol. The molecular formula is C13H21ClN2O. The van der Waals surface area contributed by atoms with Crippen LogP contribution in [0.4, 0.5) is 5.69 Å². The van der Waals surface area contributed by atoms with Crippen molar-refractivity contribution in [3.63, 3.8) is 0 Å². The van der Waals surface area contributed by atoms with Crippen LogP contribution >= 0.6 is 11.6 Å². The summed E-state index contributed by atoms with van der Waals surface area (Å²) in [4.78, 5) is 2.11. The molecule has 0 spiro atoms. The summed E-state index contributed by atoms with van der Waals surface area (Å²) in [6, 6.07) is 6.15. The van der Waals surface area contributed by atoms with Crippen molar-refractivity contribution >= 4 is 17.3 Å². The van der Waals surface area contributed by atoms with E-state index >= 15 is 0 Å². The molecule has 0 heterocycles. The van der Waals surface area contributed by atoms with Crippen molar-refractivity contribution < 1.29 is 4.74 Å². The van der Waals surface area contributed by atoms with Gasteiger partial charge in [-0.3, -0.25) is 0 Å². The fraction of sp³-hybridized carbons (Fsp3) is 0.538. The number of benzene rings is 1. The molecule has 0 unspecified atom stereocenters. The summed E-state index contributed by atoms with van der Waals surface area (Å²) in [6.07, 6.45) is 0. The summed E-state index contributed by atoms with van der Waals surface area (Å²) in [5, 5.41) is 3.90. The maximum atomic E-state index is 6.26. The minimum Gasteiger partial charge on any atom is -0.380 e. The van der Waals surface area contributed by atoms with Gasteiger partial charge in [-0.15, -0.1) is 0 Å². The fourth-order valence-electron chi connectivity index (χ4n) is 1.64. The van der Waals surface area contributed by atoms with Gasteiger partial charge < -0.3 is 15.0 Å². The number of hydrogen-bond acceptors (Lipinski definition) is 3. The summed E-state index contributed by atoms with van der Waals surface area (Å²) in [6.45, 7) is 5.16. The number of rotatable bonds is 7. The molecule has 0 amide bonds. The van der Waals surface area contributed by atoms with E-state index < -0.39 is 0 Å². The Morgan fingerprint density at radius 1 is 1.41 bits per heavy atom. The lowest BCUT2D eigenvalue weighted by Crippen LogP contribution is -2.23. The van der Waals surface area contributed by atoms with Gasteiger partial charge in [0.15, 0.2) is 0 Å². The van der Waals surface area contributed by atoms with Crippen LogP contribution in [0.2, 0.25) is 5.02 Å². The second kappa shape index (κ2) is 7.54. The first-order valence-electron chi connectivity index (χ1n) is 5.91. The lowest BCUT2D eigenvalue weighted by Gasteiger charge is -2.20. The van der Waals surface area contributed by atoms with E-state index in [0.717, 1.165) is 37.0 Å². The topological polar surface area (TPSA) is 24.5 Å². The SMILES string of the molecule is CCOCCN(C)c1ccc(CNC)cc1Cl. The van der Waals surface area contributed by atoms with Crippen molar-refractivity contribution in [1.82, 2.24) is 5.32 Å². The molecule has 0 bridgehead atoms. The van der Waals surface area contributed by atoms with E-state index in [0.29, 0.717) is 0 Å². The van der Waals surface area contributed by atoms with Crippen LogP contribution in [0, 0.1) is 0 Å². The van der Waals surface area contributed by atoms with Gasteiger partial charge >= 0.3 is 0 Å². The second-order valence-corrected chi connectivity index (χ2v) is 4.34. The van der Waals surface area contributed by atoms with Gasteiger partial charge in [-0.05, 0) is 31.7 Å². The monoisotopic (exact) mass is 256 g/mol. The molecule has 0 saturated carbocycles. The number of ether oxygens (including phenoxy) is 1. The average molecular weight is 257 g/mol. The third kappa shape index (κ3) is 4.54. The van der Waals surface area contributed by atoms with Crippen LogP contribution in [-0.2, 0) is 11.3 Å². The molecule has 0 radical (unpaired) electrons. The van der Waals surface area contributed by atoms with Gasteiger partial charge in [0.25, 0.3) is 0 Å². The number of nitrogens with one attached hydrogen (secondary N) is 1. The third-order valence-electron chi connectivity index (χ3n) is 2.58. The van der Waals surface area contributed by atoms with Crippen LogP contribution < -0.4 is 10.2 Å².